The van der Waals surface area contributed by atoms with E-state index in [1.165, 1.54) is 0 Å². The molecule has 16 heavy (non-hydrogen) atoms. The summed E-state index contributed by atoms with van der Waals surface area (Å²) in [5.41, 5.74) is 3.05. The molecule has 1 N–H and O–H groups in total. The monoisotopic (exact) mass is 282 g/mol. The molecule has 0 unspecified atom stereocenters. The van der Waals surface area contributed by atoms with Crippen molar-refractivity contribution >= 4 is 28.1 Å². The Morgan fingerprint density at radius 3 is 2.38 bits per heavy atom. The molecule has 1 rings (SSSR count). The molecule has 0 saturated heterocycles. The van der Waals surface area contributed by atoms with E-state index in [1.54, 1.807) is 18.3 Å². The van der Waals surface area contributed by atoms with Gasteiger partial charge < -0.3 is 0 Å². The van der Waals surface area contributed by atoms with Gasteiger partial charge in [0.25, 0.3) is 5.91 Å². The summed E-state index contributed by atoms with van der Waals surface area (Å²) < 4.78 is 0.947. The van der Waals surface area contributed by atoms with E-state index in [9.17, 15) is 4.79 Å². The van der Waals surface area contributed by atoms with Crippen LogP contribution in [0.25, 0.3) is 0 Å². The van der Waals surface area contributed by atoms with Crippen molar-refractivity contribution in [3.05, 3.63) is 34.3 Å². The zero-order valence-corrected chi connectivity index (χ0v) is 11.2. The van der Waals surface area contributed by atoms with Crippen LogP contribution in [0.3, 0.4) is 0 Å². The summed E-state index contributed by atoms with van der Waals surface area (Å²) in [4.78, 5) is 11.6. The summed E-state index contributed by atoms with van der Waals surface area (Å²) in [6, 6.07) is 7.13. The SMILES string of the molecule is CC(C)(C)C=NNC(=O)c1ccc(Br)cc1. The number of benzene rings is 1. The van der Waals surface area contributed by atoms with Gasteiger partial charge in [-0.15, -0.1) is 0 Å². The molecule has 0 radical (unpaired) electrons. The molecule has 0 fully saturated rings. The maximum absolute atomic E-state index is 11.6. The van der Waals surface area contributed by atoms with Gasteiger partial charge in [0.1, 0.15) is 0 Å². The number of amides is 1. The van der Waals surface area contributed by atoms with Crippen LogP contribution in [0.5, 0.6) is 0 Å². The molecule has 1 aromatic carbocycles. The summed E-state index contributed by atoms with van der Waals surface area (Å²) in [6.07, 6.45) is 1.71. The number of carbonyl (C=O) groups is 1. The first kappa shape index (κ1) is 12.9. The number of hydrazone groups is 1. The Bertz CT molecular complexity index is 390. The van der Waals surface area contributed by atoms with Gasteiger partial charge in [0.05, 0.1) is 0 Å². The van der Waals surface area contributed by atoms with Crippen LogP contribution in [0.2, 0.25) is 0 Å². The van der Waals surface area contributed by atoms with Crippen molar-refractivity contribution in [2.24, 2.45) is 10.5 Å². The van der Waals surface area contributed by atoms with E-state index in [-0.39, 0.29) is 11.3 Å². The third-order valence-electron chi connectivity index (χ3n) is 1.72. The normalized spacial score (nSPS) is 11.8. The Morgan fingerprint density at radius 1 is 1.31 bits per heavy atom. The van der Waals surface area contributed by atoms with E-state index in [0.717, 1.165) is 4.47 Å². The lowest BCUT2D eigenvalue weighted by Crippen LogP contribution is -2.19. The molecule has 4 heteroatoms. The fraction of sp³-hybridized carbons (Fsp3) is 0.333. The first-order valence-electron chi connectivity index (χ1n) is 4.98. The van der Waals surface area contributed by atoms with Crippen molar-refractivity contribution in [2.45, 2.75) is 20.8 Å². The molecule has 0 bridgehead atoms. The maximum atomic E-state index is 11.6. The molecule has 86 valence electrons. The molecule has 0 saturated carbocycles. The van der Waals surface area contributed by atoms with E-state index in [0.29, 0.717) is 5.56 Å². The van der Waals surface area contributed by atoms with E-state index < -0.39 is 0 Å². The highest BCUT2D eigenvalue weighted by Gasteiger charge is 2.06. The number of nitrogens with zero attached hydrogens (tertiary/aromatic N) is 1. The van der Waals surface area contributed by atoms with Gasteiger partial charge in [0.2, 0.25) is 0 Å². The average molecular weight is 283 g/mol. The maximum Gasteiger partial charge on any atom is 0.271 e. The largest absolute Gasteiger partial charge is 0.271 e. The second-order valence-corrected chi connectivity index (χ2v) is 5.49. The molecular weight excluding hydrogens is 268 g/mol. The van der Waals surface area contributed by atoms with Crippen molar-refractivity contribution in [3.63, 3.8) is 0 Å². The predicted molar refractivity (Wildman–Crippen MR) is 69.6 cm³/mol. The van der Waals surface area contributed by atoms with Gasteiger partial charge in [-0.2, -0.15) is 5.10 Å². The molecule has 0 heterocycles. The number of rotatable bonds is 2. The Hall–Kier alpha value is -1.16. The molecule has 0 aromatic heterocycles. The van der Waals surface area contributed by atoms with Crippen molar-refractivity contribution in [3.8, 4) is 0 Å². The zero-order chi connectivity index (χ0) is 12.2. The summed E-state index contributed by atoms with van der Waals surface area (Å²) in [6.45, 7) is 6.05. The van der Waals surface area contributed by atoms with E-state index in [1.807, 2.05) is 32.9 Å². The topological polar surface area (TPSA) is 41.5 Å². The van der Waals surface area contributed by atoms with Crippen LogP contribution >= 0.6 is 15.9 Å². The number of halogens is 1. The summed E-state index contributed by atoms with van der Waals surface area (Å²) in [5, 5.41) is 3.91. The first-order chi connectivity index (χ1) is 7.38. The van der Waals surface area contributed by atoms with Gasteiger partial charge in [-0.1, -0.05) is 36.7 Å². The molecule has 0 spiro atoms. The lowest BCUT2D eigenvalue weighted by Gasteiger charge is -2.09. The van der Waals surface area contributed by atoms with Crippen LogP contribution in [0.4, 0.5) is 0 Å². The highest BCUT2D eigenvalue weighted by atomic mass is 79.9. The van der Waals surface area contributed by atoms with Gasteiger partial charge in [0.15, 0.2) is 0 Å². The van der Waals surface area contributed by atoms with Gasteiger partial charge in [-0.05, 0) is 29.7 Å². The highest BCUT2D eigenvalue weighted by molar-refractivity contribution is 9.10. The molecule has 3 nitrogen and oxygen atoms in total. The fourth-order valence-electron chi connectivity index (χ4n) is 0.950. The van der Waals surface area contributed by atoms with Crippen molar-refractivity contribution in [1.82, 2.24) is 5.43 Å². The Balaban J connectivity index is 2.60. The quantitative estimate of drug-likeness (QED) is 0.657. The Kier molecular flexibility index (Phi) is 4.24. The van der Waals surface area contributed by atoms with Crippen LogP contribution in [0.1, 0.15) is 31.1 Å². The third-order valence-corrected chi connectivity index (χ3v) is 2.25. The van der Waals surface area contributed by atoms with Crippen LogP contribution in [-0.4, -0.2) is 12.1 Å². The van der Waals surface area contributed by atoms with Crippen molar-refractivity contribution in [2.75, 3.05) is 0 Å². The lowest BCUT2D eigenvalue weighted by atomic mass is 9.99. The average Bonchev–Trinajstić information content (AvgIpc) is 2.16. The Morgan fingerprint density at radius 2 is 1.88 bits per heavy atom. The van der Waals surface area contributed by atoms with Crippen LogP contribution in [0.15, 0.2) is 33.8 Å². The van der Waals surface area contributed by atoms with Gasteiger partial charge in [0, 0.05) is 16.3 Å². The van der Waals surface area contributed by atoms with Crippen molar-refractivity contribution < 1.29 is 4.79 Å². The van der Waals surface area contributed by atoms with Crippen LogP contribution in [-0.2, 0) is 0 Å². The molecule has 0 aliphatic carbocycles. The second kappa shape index (κ2) is 5.25. The van der Waals surface area contributed by atoms with Crippen LogP contribution < -0.4 is 5.43 Å². The molecular formula is C12H15BrN2O. The predicted octanol–water partition coefficient (Wildman–Crippen LogP) is 3.21. The molecule has 0 aliphatic rings. The molecule has 1 aromatic rings. The summed E-state index contributed by atoms with van der Waals surface area (Å²) >= 11 is 3.31. The standard InChI is InChI=1S/C12H15BrN2O/c1-12(2,3)8-14-15-11(16)9-4-6-10(13)7-5-9/h4-8H,1-3H3,(H,15,16). The highest BCUT2D eigenvalue weighted by Crippen LogP contribution is 2.10. The number of hydrogen-bond donors (Lipinski definition) is 1. The van der Waals surface area contributed by atoms with E-state index in [2.05, 4.69) is 26.5 Å². The van der Waals surface area contributed by atoms with Gasteiger partial charge in [-0.3, -0.25) is 4.79 Å². The molecule has 0 aliphatic heterocycles. The van der Waals surface area contributed by atoms with Gasteiger partial charge >= 0.3 is 0 Å². The lowest BCUT2D eigenvalue weighted by molar-refractivity contribution is 0.0955. The minimum absolute atomic E-state index is 0.0347. The minimum atomic E-state index is -0.201. The van der Waals surface area contributed by atoms with E-state index in [4.69, 9.17) is 0 Å². The van der Waals surface area contributed by atoms with Gasteiger partial charge in [-0.25, -0.2) is 5.43 Å². The smallest absolute Gasteiger partial charge is 0.267 e. The summed E-state index contributed by atoms with van der Waals surface area (Å²) in [7, 11) is 0. The number of hydrogen-bond acceptors (Lipinski definition) is 2. The van der Waals surface area contributed by atoms with E-state index >= 15 is 0 Å². The molecule has 1 amide bonds. The minimum Gasteiger partial charge on any atom is -0.267 e. The van der Waals surface area contributed by atoms with Crippen LogP contribution in [0, 0.1) is 5.41 Å². The summed E-state index contributed by atoms with van der Waals surface area (Å²) in [5.74, 6) is -0.201. The number of carbonyl (C=O) groups excluding carboxylic acids is 1. The number of nitrogens with one attached hydrogen (secondary N) is 1. The second-order valence-electron chi connectivity index (χ2n) is 4.57. The van der Waals surface area contributed by atoms with Crippen molar-refractivity contribution in [1.29, 1.82) is 0 Å². The molecule has 0 atom stereocenters. The Labute approximate surface area is 104 Å². The first-order valence-corrected chi connectivity index (χ1v) is 5.78. The zero-order valence-electron chi connectivity index (χ0n) is 9.62. The third kappa shape index (κ3) is 4.57. The fourth-order valence-corrected chi connectivity index (χ4v) is 1.21.